The largest absolute Gasteiger partial charge is 0.453 e. The summed E-state index contributed by atoms with van der Waals surface area (Å²) >= 11 is 5.97. The molecule has 0 bridgehead atoms. The Labute approximate surface area is 204 Å². The number of nitrogens with zero attached hydrogens (tertiary/aromatic N) is 2. The molecule has 0 saturated carbocycles. The van der Waals surface area contributed by atoms with Crippen molar-refractivity contribution in [1.82, 2.24) is 4.90 Å². The van der Waals surface area contributed by atoms with E-state index >= 15 is 0 Å². The summed E-state index contributed by atoms with van der Waals surface area (Å²) in [5.41, 5.74) is 4.12. The van der Waals surface area contributed by atoms with Gasteiger partial charge in [-0.25, -0.2) is 4.79 Å². The molecule has 0 radical (unpaired) electrons. The van der Waals surface area contributed by atoms with Crippen molar-refractivity contribution in [2.45, 2.75) is 65.2 Å². The number of rotatable bonds is 9. The molecule has 4 nitrogen and oxygen atoms in total. The van der Waals surface area contributed by atoms with Gasteiger partial charge in [-0.2, -0.15) is 13.2 Å². The molecule has 0 aromatic heterocycles. The minimum atomic E-state index is -4.52. The van der Waals surface area contributed by atoms with E-state index in [0.29, 0.717) is 5.56 Å². The van der Waals surface area contributed by atoms with Gasteiger partial charge in [-0.1, -0.05) is 31.0 Å². The molecule has 0 heterocycles. The van der Waals surface area contributed by atoms with Crippen molar-refractivity contribution in [2.24, 2.45) is 0 Å². The topological polar surface area (TPSA) is 32.8 Å². The predicted molar refractivity (Wildman–Crippen MR) is 129 cm³/mol. The smallest absolute Gasteiger partial charge is 0.416 e. The van der Waals surface area contributed by atoms with Crippen LogP contribution in [0.1, 0.15) is 60.9 Å². The second-order valence-corrected chi connectivity index (χ2v) is 9.14. The van der Waals surface area contributed by atoms with Crippen LogP contribution in [-0.4, -0.2) is 31.2 Å². The molecule has 2 aromatic carbocycles. The van der Waals surface area contributed by atoms with Gasteiger partial charge >= 0.3 is 12.3 Å². The van der Waals surface area contributed by atoms with Gasteiger partial charge in [0.05, 0.1) is 19.2 Å². The zero-order valence-electron chi connectivity index (χ0n) is 20.0. The fraction of sp³-hybridized carbons (Fsp3) is 0.500. The quantitative estimate of drug-likeness (QED) is 0.366. The SMILES string of the molecule is CCCCN(CC)c1cc2c(cc1CN(Cc1cc(Cl)cc(C(F)(F)F)c1)C(=O)OC)CCC2. The maximum absolute atomic E-state index is 13.3. The zero-order valence-corrected chi connectivity index (χ0v) is 20.7. The number of methoxy groups -OCH3 is 1. The van der Waals surface area contributed by atoms with Crippen molar-refractivity contribution < 1.29 is 22.7 Å². The monoisotopic (exact) mass is 496 g/mol. The van der Waals surface area contributed by atoms with Crippen LogP contribution in [0.25, 0.3) is 0 Å². The molecule has 0 saturated heterocycles. The highest BCUT2D eigenvalue weighted by Gasteiger charge is 2.31. The highest BCUT2D eigenvalue weighted by Crippen LogP contribution is 2.34. The number of hydrogen-bond donors (Lipinski definition) is 0. The van der Waals surface area contributed by atoms with Crippen LogP contribution < -0.4 is 4.90 Å². The van der Waals surface area contributed by atoms with Gasteiger partial charge in [0.1, 0.15) is 0 Å². The number of unbranched alkanes of at least 4 members (excludes halogenated alkanes) is 1. The first-order chi connectivity index (χ1) is 16.2. The maximum atomic E-state index is 13.3. The first kappa shape index (κ1) is 26.2. The molecule has 0 atom stereocenters. The number of halogens is 4. The van der Waals surface area contributed by atoms with E-state index in [1.807, 2.05) is 0 Å². The number of fused-ring (bicyclic) bond motifs is 1. The Morgan fingerprint density at radius 1 is 1.06 bits per heavy atom. The summed E-state index contributed by atoms with van der Waals surface area (Å²) in [7, 11) is 1.28. The van der Waals surface area contributed by atoms with Gasteiger partial charge in [0.2, 0.25) is 0 Å². The summed E-state index contributed by atoms with van der Waals surface area (Å²) in [5, 5.41) is -0.0235. The van der Waals surface area contributed by atoms with Gasteiger partial charge in [0.15, 0.2) is 0 Å². The van der Waals surface area contributed by atoms with Crippen LogP contribution in [0.15, 0.2) is 30.3 Å². The van der Waals surface area contributed by atoms with Gasteiger partial charge in [0.25, 0.3) is 0 Å². The maximum Gasteiger partial charge on any atom is 0.416 e. The molecule has 0 fully saturated rings. The molecular weight excluding hydrogens is 465 g/mol. The van der Waals surface area contributed by atoms with Crippen LogP contribution in [0.2, 0.25) is 5.02 Å². The average molecular weight is 497 g/mol. The molecule has 0 unspecified atom stereocenters. The highest BCUT2D eigenvalue weighted by molar-refractivity contribution is 6.30. The standard InChI is InChI=1S/C26H32ClF3N2O2/c1-4-6-10-31(5-2)24-14-20-9-7-8-19(20)13-21(24)17-32(25(33)34-3)16-18-11-22(26(28,29)30)15-23(27)12-18/h11-15H,4-10,16-17H2,1-3H3. The van der Waals surface area contributed by atoms with Crippen molar-refractivity contribution in [2.75, 3.05) is 25.1 Å². The lowest BCUT2D eigenvalue weighted by molar-refractivity contribution is -0.137. The first-order valence-corrected chi connectivity index (χ1v) is 12.1. The third-order valence-electron chi connectivity index (χ3n) is 6.25. The normalized spacial score (nSPS) is 13.0. The van der Waals surface area contributed by atoms with E-state index in [4.69, 9.17) is 16.3 Å². The number of ether oxygens (including phenoxy) is 1. The number of amides is 1. The molecule has 1 aliphatic rings. The van der Waals surface area contributed by atoms with Crippen molar-refractivity contribution in [3.05, 3.63) is 63.2 Å². The fourth-order valence-corrected chi connectivity index (χ4v) is 4.78. The van der Waals surface area contributed by atoms with Crippen LogP contribution in [0.4, 0.5) is 23.7 Å². The van der Waals surface area contributed by atoms with Gasteiger partial charge in [0, 0.05) is 30.3 Å². The van der Waals surface area contributed by atoms with Crippen molar-refractivity contribution in [3.8, 4) is 0 Å². The Hall–Kier alpha value is -2.41. The number of alkyl halides is 3. The molecule has 0 N–H and O–H groups in total. The number of aryl methyl sites for hydroxylation is 2. The van der Waals surface area contributed by atoms with Crippen molar-refractivity contribution in [1.29, 1.82) is 0 Å². The molecule has 34 heavy (non-hydrogen) atoms. The minimum Gasteiger partial charge on any atom is -0.453 e. The second kappa shape index (κ2) is 11.3. The van der Waals surface area contributed by atoms with E-state index in [-0.39, 0.29) is 18.1 Å². The second-order valence-electron chi connectivity index (χ2n) is 8.71. The lowest BCUT2D eigenvalue weighted by Gasteiger charge is -2.29. The Balaban J connectivity index is 1.97. The third kappa shape index (κ3) is 6.38. The Morgan fingerprint density at radius 3 is 2.38 bits per heavy atom. The Morgan fingerprint density at radius 2 is 1.76 bits per heavy atom. The summed E-state index contributed by atoms with van der Waals surface area (Å²) < 4.78 is 44.9. The first-order valence-electron chi connectivity index (χ1n) is 11.7. The van der Waals surface area contributed by atoms with E-state index < -0.39 is 17.8 Å². The number of benzene rings is 2. The number of carbonyl (C=O) groups excluding carboxylic acids is 1. The molecule has 1 aliphatic carbocycles. The van der Waals surface area contributed by atoms with Crippen LogP contribution >= 0.6 is 11.6 Å². The van der Waals surface area contributed by atoms with E-state index in [1.54, 1.807) is 0 Å². The van der Waals surface area contributed by atoms with Crippen molar-refractivity contribution >= 4 is 23.4 Å². The zero-order chi connectivity index (χ0) is 24.9. The Kier molecular flexibility index (Phi) is 8.74. The summed E-state index contributed by atoms with van der Waals surface area (Å²) in [5.74, 6) is 0. The summed E-state index contributed by atoms with van der Waals surface area (Å²) in [6.45, 7) is 6.17. The van der Waals surface area contributed by atoms with Gasteiger partial charge in [-0.05, 0) is 79.1 Å². The van der Waals surface area contributed by atoms with Gasteiger partial charge < -0.3 is 9.64 Å². The summed E-state index contributed by atoms with van der Waals surface area (Å²) in [6, 6.07) is 7.76. The molecule has 186 valence electrons. The van der Waals surface area contributed by atoms with Crippen LogP contribution in [0.5, 0.6) is 0 Å². The van der Waals surface area contributed by atoms with E-state index in [2.05, 4.69) is 30.9 Å². The highest BCUT2D eigenvalue weighted by atomic mass is 35.5. The van der Waals surface area contributed by atoms with E-state index in [9.17, 15) is 18.0 Å². The molecule has 3 rings (SSSR count). The molecule has 0 aliphatic heterocycles. The van der Waals surface area contributed by atoms with E-state index in [1.165, 1.54) is 29.2 Å². The summed E-state index contributed by atoms with van der Waals surface area (Å²) in [6.07, 6.45) is 0.126. The van der Waals surface area contributed by atoms with Crippen LogP contribution in [0, 0.1) is 0 Å². The predicted octanol–water partition coefficient (Wildman–Crippen LogP) is 7.24. The van der Waals surface area contributed by atoms with Crippen LogP contribution in [-0.2, 0) is 36.8 Å². The number of anilines is 1. The summed E-state index contributed by atoms with van der Waals surface area (Å²) in [4.78, 5) is 16.4. The third-order valence-corrected chi connectivity index (χ3v) is 6.47. The molecule has 2 aromatic rings. The molecular formula is C26H32ClF3N2O2. The van der Waals surface area contributed by atoms with Crippen LogP contribution in [0.3, 0.4) is 0 Å². The Bertz CT molecular complexity index is 1010. The minimum absolute atomic E-state index is 0.0235. The van der Waals surface area contributed by atoms with Gasteiger partial charge in [-0.15, -0.1) is 0 Å². The lowest BCUT2D eigenvalue weighted by Crippen LogP contribution is -2.32. The molecule has 0 spiro atoms. The fourth-order valence-electron chi connectivity index (χ4n) is 4.53. The average Bonchev–Trinajstić information content (AvgIpc) is 3.25. The van der Waals surface area contributed by atoms with E-state index in [0.717, 1.165) is 68.6 Å². The number of carbonyl (C=O) groups is 1. The molecule has 8 heteroatoms. The van der Waals surface area contributed by atoms with Crippen molar-refractivity contribution in [3.63, 3.8) is 0 Å². The number of hydrogen-bond acceptors (Lipinski definition) is 3. The lowest BCUT2D eigenvalue weighted by atomic mass is 10.0. The molecule has 1 amide bonds. The van der Waals surface area contributed by atoms with Gasteiger partial charge in [-0.3, -0.25) is 4.90 Å².